The first-order valence-corrected chi connectivity index (χ1v) is 6.18. The summed E-state index contributed by atoms with van der Waals surface area (Å²) in [5.74, 6) is -1.10. The van der Waals surface area contributed by atoms with Crippen LogP contribution in [-0.2, 0) is 13.1 Å². The maximum Gasteiger partial charge on any atom is 0.130 e. The standard InChI is InChI=1S/C13H11BrF2N2/c14-11-3-9(6-18-8-11)5-17-7-10-1-2-12(15)4-13(10)16/h1-4,6,8,17H,5,7H2. The molecule has 94 valence electrons. The number of nitrogens with one attached hydrogen (secondary N) is 1. The van der Waals surface area contributed by atoms with Crippen molar-refractivity contribution in [2.45, 2.75) is 13.1 Å². The van der Waals surface area contributed by atoms with E-state index in [0.717, 1.165) is 16.1 Å². The van der Waals surface area contributed by atoms with Crippen molar-refractivity contribution in [2.24, 2.45) is 0 Å². The summed E-state index contributed by atoms with van der Waals surface area (Å²) in [6, 6.07) is 5.51. The van der Waals surface area contributed by atoms with Gasteiger partial charge in [0.25, 0.3) is 0 Å². The van der Waals surface area contributed by atoms with Crippen molar-refractivity contribution in [3.63, 3.8) is 0 Å². The van der Waals surface area contributed by atoms with E-state index in [1.165, 1.54) is 12.1 Å². The molecular formula is C13H11BrF2N2. The molecule has 0 aliphatic heterocycles. The topological polar surface area (TPSA) is 24.9 Å². The average Bonchev–Trinajstić information content (AvgIpc) is 2.32. The first-order chi connectivity index (χ1) is 8.65. The summed E-state index contributed by atoms with van der Waals surface area (Å²) >= 11 is 3.33. The highest BCUT2D eigenvalue weighted by Gasteiger charge is 2.03. The molecule has 0 amide bonds. The lowest BCUT2D eigenvalue weighted by Crippen LogP contribution is -2.14. The van der Waals surface area contributed by atoms with Gasteiger partial charge in [0.15, 0.2) is 0 Å². The Labute approximate surface area is 112 Å². The van der Waals surface area contributed by atoms with Crippen molar-refractivity contribution in [3.8, 4) is 0 Å². The van der Waals surface area contributed by atoms with Gasteiger partial charge in [0.05, 0.1) is 0 Å². The molecule has 0 fully saturated rings. The molecule has 0 aliphatic rings. The third-order valence-electron chi connectivity index (χ3n) is 2.42. The van der Waals surface area contributed by atoms with Crippen molar-refractivity contribution in [1.82, 2.24) is 10.3 Å². The van der Waals surface area contributed by atoms with Crippen LogP contribution in [0, 0.1) is 11.6 Å². The Morgan fingerprint density at radius 1 is 1.11 bits per heavy atom. The maximum absolute atomic E-state index is 13.3. The van der Waals surface area contributed by atoms with Crippen LogP contribution >= 0.6 is 15.9 Å². The summed E-state index contributed by atoms with van der Waals surface area (Å²) in [7, 11) is 0. The van der Waals surface area contributed by atoms with Crippen LogP contribution in [0.15, 0.2) is 41.1 Å². The highest BCUT2D eigenvalue weighted by Crippen LogP contribution is 2.11. The van der Waals surface area contributed by atoms with E-state index in [1.807, 2.05) is 6.07 Å². The van der Waals surface area contributed by atoms with E-state index in [-0.39, 0.29) is 0 Å². The number of rotatable bonds is 4. The minimum atomic E-state index is -0.563. The fraction of sp³-hybridized carbons (Fsp3) is 0.154. The number of aromatic nitrogens is 1. The summed E-state index contributed by atoms with van der Waals surface area (Å²) < 4.78 is 26.9. The van der Waals surface area contributed by atoms with Crippen LogP contribution in [0.4, 0.5) is 8.78 Å². The van der Waals surface area contributed by atoms with Gasteiger partial charge in [-0.1, -0.05) is 6.07 Å². The van der Waals surface area contributed by atoms with Gasteiger partial charge in [0.2, 0.25) is 0 Å². The van der Waals surface area contributed by atoms with E-state index in [0.29, 0.717) is 18.7 Å². The second-order valence-corrected chi connectivity index (χ2v) is 4.77. The monoisotopic (exact) mass is 312 g/mol. The van der Waals surface area contributed by atoms with Crippen LogP contribution in [0.5, 0.6) is 0 Å². The molecular weight excluding hydrogens is 302 g/mol. The van der Waals surface area contributed by atoms with Gasteiger partial charge < -0.3 is 5.32 Å². The van der Waals surface area contributed by atoms with Gasteiger partial charge >= 0.3 is 0 Å². The van der Waals surface area contributed by atoms with E-state index < -0.39 is 11.6 Å². The number of nitrogens with zero attached hydrogens (tertiary/aromatic N) is 1. The van der Waals surface area contributed by atoms with Crippen molar-refractivity contribution >= 4 is 15.9 Å². The summed E-state index contributed by atoms with van der Waals surface area (Å²) in [6.07, 6.45) is 3.43. The van der Waals surface area contributed by atoms with Crippen LogP contribution in [0.25, 0.3) is 0 Å². The third-order valence-corrected chi connectivity index (χ3v) is 2.85. The molecule has 5 heteroatoms. The van der Waals surface area contributed by atoms with Crippen LogP contribution < -0.4 is 5.32 Å². The fourth-order valence-corrected chi connectivity index (χ4v) is 1.97. The zero-order valence-electron chi connectivity index (χ0n) is 9.46. The molecule has 0 spiro atoms. The van der Waals surface area contributed by atoms with Gasteiger partial charge in [-0.2, -0.15) is 0 Å². The van der Waals surface area contributed by atoms with Gasteiger partial charge in [-0.3, -0.25) is 4.98 Å². The molecule has 0 saturated heterocycles. The number of benzene rings is 1. The number of hydrogen-bond acceptors (Lipinski definition) is 2. The van der Waals surface area contributed by atoms with Crippen molar-refractivity contribution in [1.29, 1.82) is 0 Å². The Balaban J connectivity index is 1.92. The van der Waals surface area contributed by atoms with Gasteiger partial charge in [0, 0.05) is 41.6 Å². The molecule has 0 atom stereocenters. The SMILES string of the molecule is Fc1ccc(CNCc2cncc(Br)c2)c(F)c1. The summed E-state index contributed by atoms with van der Waals surface area (Å²) in [6.45, 7) is 0.919. The predicted octanol–water partition coefficient (Wildman–Crippen LogP) is 3.41. The summed E-state index contributed by atoms with van der Waals surface area (Å²) in [5, 5.41) is 3.08. The summed E-state index contributed by atoms with van der Waals surface area (Å²) in [5.41, 5.74) is 1.44. The van der Waals surface area contributed by atoms with Crippen molar-refractivity contribution in [3.05, 3.63) is 63.9 Å². The summed E-state index contributed by atoms with van der Waals surface area (Å²) in [4.78, 5) is 4.03. The molecule has 1 heterocycles. The molecule has 1 N–H and O–H groups in total. The molecule has 0 saturated carbocycles. The average molecular weight is 313 g/mol. The quantitative estimate of drug-likeness (QED) is 0.936. The lowest BCUT2D eigenvalue weighted by molar-refractivity contribution is 0.560. The van der Waals surface area contributed by atoms with Crippen LogP contribution in [0.3, 0.4) is 0 Å². The van der Waals surface area contributed by atoms with Crippen LogP contribution in [0.2, 0.25) is 0 Å². The Kier molecular flexibility index (Phi) is 4.38. The second-order valence-electron chi connectivity index (χ2n) is 3.85. The molecule has 18 heavy (non-hydrogen) atoms. The minimum Gasteiger partial charge on any atom is -0.308 e. The van der Waals surface area contributed by atoms with Gasteiger partial charge in [-0.25, -0.2) is 8.78 Å². The van der Waals surface area contributed by atoms with Gasteiger partial charge in [-0.15, -0.1) is 0 Å². The van der Waals surface area contributed by atoms with Crippen molar-refractivity contribution in [2.75, 3.05) is 0 Å². The Hall–Kier alpha value is -1.33. The minimum absolute atomic E-state index is 0.346. The van der Waals surface area contributed by atoms with E-state index in [9.17, 15) is 8.78 Å². The van der Waals surface area contributed by atoms with E-state index in [2.05, 4.69) is 26.2 Å². The molecule has 0 aliphatic carbocycles. The lowest BCUT2D eigenvalue weighted by Gasteiger charge is -2.06. The first-order valence-electron chi connectivity index (χ1n) is 5.39. The zero-order valence-corrected chi connectivity index (χ0v) is 11.0. The predicted molar refractivity (Wildman–Crippen MR) is 68.8 cm³/mol. The molecule has 1 aromatic carbocycles. The number of halogens is 3. The lowest BCUT2D eigenvalue weighted by atomic mass is 10.2. The second kappa shape index (κ2) is 6.02. The Morgan fingerprint density at radius 3 is 2.67 bits per heavy atom. The maximum atomic E-state index is 13.3. The smallest absolute Gasteiger partial charge is 0.130 e. The Morgan fingerprint density at radius 2 is 1.94 bits per heavy atom. The molecule has 0 bridgehead atoms. The molecule has 0 unspecified atom stereocenters. The first kappa shape index (κ1) is 13.1. The van der Waals surface area contributed by atoms with Crippen LogP contribution in [0.1, 0.15) is 11.1 Å². The normalized spacial score (nSPS) is 10.6. The number of hydrogen-bond donors (Lipinski definition) is 1. The fourth-order valence-electron chi connectivity index (χ4n) is 1.56. The van der Waals surface area contributed by atoms with E-state index >= 15 is 0 Å². The molecule has 2 aromatic rings. The Bertz CT molecular complexity index is 546. The third kappa shape index (κ3) is 3.58. The van der Waals surface area contributed by atoms with Crippen LogP contribution in [-0.4, -0.2) is 4.98 Å². The molecule has 2 nitrogen and oxygen atoms in total. The highest BCUT2D eigenvalue weighted by atomic mass is 79.9. The zero-order chi connectivity index (χ0) is 13.0. The molecule has 2 rings (SSSR count). The van der Waals surface area contributed by atoms with E-state index in [4.69, 9.17) is 0 Å². The highest BCUT2D eigenvalue weighted by molar-refractivity contribution is 9.10. The van der Waals surface area contributed by atoms with Gasteiger partial charge in [0.1, 0.15) is 11.6 Å². The van der Waals surface area contributed by atoms with Crippen molar-refractivity contribution < 1.29 is 8.78 Å². The largest absolute Gasteiger partial charge is 0.308 e. The number of pyridine rings is 1. The molecule has 1 aromatic heterocycles. The van der Waals surface area contributed by atoms with E-state index in [1.54, 1.807) is 12.4 Å². The molecule has 0 radical (unpaired) electrons. The van der Waals surface area contributed by atoms with Gasteiger partial charge in [-0.05, 0) is 33.6 Å².